The van der Waals surface area contributed by atoms with Crippen molar-refractivity contribution < 1.29 is 4.52 Å². The van der Waals surface area contributed by atoms with Crippen LogP contribution in [0, 0.1) is 13.8 Å². The van der Waals surface area contributed by atoms with Gasteiger partial charge in [0.15, 0.2) is 0 Å². The summed E-state index contributed by atoms with van der Waals surface area (Å²) in [6, 6.07) is 18.2. The lowest BCUT2D eigenvalue weighted by molar-refractivity contribution is 0.393. The number of hydrazone groups is 1. The van der Waals surface area contributed by atoms with Crippen molar-refractivity contribution in [3.8, 4) is 22.4 Å². The highest BCUT2D eigenvalue weighted by molar-refractivity contribution is 7.14. The van der Waals surface area contributed by atoms with E-state index in [0.717, 1.165) is 44.5 Å². The summed E-state index contributed by atoms with van der Waals surface area (Å²) in [5.74, 6) is 0.816. The van der Waals surface area contributed by atoms with Crippen molar-refractivity contribution >= 4 is 22.7 Å². The van der Waals surface area contributed by atoms with Gasteiger partial charge in [-0.25, -0.2) is 4.98 Å². The third-order valence-corrected chi connectivity index (χ3v) is 4.90. The number of aryl methyl sites for hydroxylation is 2. The quantitative estimate of drug-likeness (QED) is 0.369. The molecule has 0 aliphatic rings. The molecule has 2 aromatic heterocycles. The number of anilines is 1. The molecule has 0 aliphatic carbocycles. The number of benzene rings is 2. The molecule has 0 saturated carbocycles. The van der Waals surface area contributed by atoms with E-state index < -0.39 is 0 Å². The van der Waals surface area contributed by atoms with Crippen molar-refractivity contribution in [3.63, 3.8) is 0 Å². The molecule has 6 heteroatoms. The van der Waals surface area contributed by atoms with Crippen molar-refractivity contribution in [1.29, 1.82) is 0 Å². The van der Waals surface area contributed by atoms with Crippen molar-refractivity contribution in [1.82, 2.24) is 10.1 Å². The lowest BCUT2D eigenvalue weighted by Crippen LogP contribution is -1.91. The highest BCUT2D eigenvalue weighted by Gasteiger charge is 2.11. The largest absolute Gasteiger partial charge is 0.361 e. The van der Waals surface area contributed by atoms with E-state index in [-0.39, 0.29) is 0 Å². The van der Waals surface area contributed by atoms with Gasteiger partial charge in [-0.3, -0.25) is 5.43 Å². The molecule has 0 aliphatic heterocycles. The van der Waals surface area contributed by atoms with Crippen LogP contribution in [0.3, 0.4) is 0 Å². The summed E-state index contributed by atoms with van der Waals surface area (Å²) < 4.78 is 5.26. The SMILES string of the molecule is Cc1noc(C)c1-c1cccc(C=NNc2nc(-c3ccccc3)cs2)c1. The van der Waals surface area contributed by atoms with E-state index in [1.54, 1.807) is 6.21 Å². The van der Waals surface area contributed by atoms with Crippen molar-refractivity contribution in [3.05, 3.63) is 77.0 Å². The van der Waals surface area contributed by atoms with E-state index in [9.17, 15) is 0 Å². The first-order valence-corrected chi connectivity index (χ1v) is 9.42. The van der Waals surface area contributed by atoms with Gasteiger partial charge in [0.2, 0.25) is 5.13 Å². The molecule has 0 amide bonds. The van der Waals surface area contributed by atoms with Gasteiger partial charge in [-0.1, -0.05) is 53.7 Å². The molecule has 4 aromatic rings. The highest BCUT2D eigenvalue weighted by Crippen LogP contribution is 2.27. The van der Waals surface area contributed by atoms with Crippen LogP contribution in [-0.2, 0) is 0 Å². The van der Waals surface area contributed by atoms with Gasteiger partial charge >= 0.3 is 0 Å². The highest BCUT2D eigenvalue weighted by atomic mass is 32.1. The topological polar surface area (TPSA) is 63.3 Å². The van der Waals surface area contributed by atoms with Crippen LogP contribution in [-0.4, -0.2) is 16.4 Å². The van der Waals surface area contributed by atoms with E-state index in [0.29, 0.717) is 0 Å². The number of hydrogen-bond acceptors (Lipinski definition) is 6. The minimum Gasteiger partial charge on any atom is -0.361 e. The summed E-state index contributed by atoms with van der Waals surface area (Å²) >= 11 is 1.53. The van der Waals surface area contributed by atoms with Crippen LogP contribution in [0.5, 0.6) is 0 Å². The summed E-state index contributed by atoms with van der Waals surface area (Å²) in [5.41, 5.74) is 9.01. The zero-order valence-corrected chi connectivity index (χ0v) is 15.8. The fourth-order valence-electron chi connectivity index (χ4n) is 2.90. The Morgan fingerprint density at radius 2 is 1.85 bits per heavy atom. The minimum absolute atomic E-state index is 0.756. The molecular formula is C21H18N4OS. The maximum atomic E-state index is 5.26. The molecular weight excluding hydrogens is 356 g/mol. The Morgan fingerprint density at radius 1 is 1.04 bits per heavy atom. The second kappa shape index (κ2) is 7.55. The second-order valence-corrected chi connectivity index (χ2v) is 6.96. The van der Waals surface area contributed by atoms with Gasteiger partial charge in [0.1, 0.15) is 5.76 Å². The van der Waals surface area contributed by atoms with E-state index in [2.05, 4.69) is 26.7 Å². The van der Waals surface area contributed by atoms with Crippen LogP contribution in [0.4, 0.5) is 5.13 Å². The summed E-state index contributed by atoms with van der Waals surface area (Å²) in [7, 11) is 0. The van der Waals surface area contributed by atoms with E-state index >= 15 is 0 Å². The molecule has 1 N–H and O–H groups in total. The summed E-state index contributed by atoms with van der Waals surface area (Å²) in [6.45, 7) is 3.87. The van der Waals surface area contributed by atoms with Gasteiger partial charge in [0.05, 0.1) is 17.6 Å². The Hall–Kier alpha value is -3.25. The molecule has 0 unspecified atom stereocenters. The molecule has 2 heterocycles. The van der Waals surface area contributed by atoms with E-state index in [1.807, 2.05) is 67.8 Å². The lowest BCUT2D eigenvalue weighted by atomic mass is 10.0. The monoisotopic (exact) mass is 374 g/mol. The molecule has 0 fully saturated rings. The normalized spacial score (nSPS) is 11.2. The van der Waals surface area contributed by atoms with E-state index in [1.165, 1.54) is 11.3 Å². The Morgan fingerprint density at radius 3 is 2.63 bits per heavy atom. The van der Waals surface area contributed by atoms with Crippen molar-refractivity contribution in [2.24, 2.45) is 5.10 Å². The summed E-state index contributed by atoms with van der Waals surface area (Å²) in [6.07, 6.45) is 1.78. The average Bonchev–Trinajstić information content (AvgIpc) is 3.29. The Bertz CT molecular complexity index is 1060. The smallest absolute Gasteiger partial charge is 0.203 e. The van der Waals surface area contributed by atoms with Gasteiger partial charge < -0.3 is 4.52 Å². The van der Waals surface area contributed by atoms with Gasteiger partial charge in [-0.15, -0.1) is 11.3 Å². The van der Waals surface area contributed by atoms with Gasteiger partial charge in [0.25, 0.3) is 0 Å². The standard InChI is InChI=1S/C21H18N4OS/c1-14-20(15(2)26-25-14)18-10-6-7-16(11-18)12-22-24-21-23-19(13-27-21)17-8-4-3-5-9-17/h3-13H,1-2H3,(H,23,24). The van der Waals surface area contributed by atoms with Crippen LogP contribution in [0.2, 0.25) is 0 Å². The third kappa shape index (κ3) is 3.80. The number of aromatic nitrogens is 2. The van der Waals surface area contributed by atoms with Gasteiger partial charge in [-0.05, 0) is 31.0 Å². The fraction of sp³-hybridized carbons (Fsp3) is 0.0952. The summed E-state index contributed by atoms with van der Waals surface area (Å²) in [4.78, 5) is 4.57. The number of rotatable bonds is 5. The number of hydrogen-bond donors (Lipinski definition) is 1. The molecule has 0 spiro atoms. The Kier molecular flexibility index (Phi) is 4.80. The molecule has 0 atom stereocenters. The molecule has 27 heavy (non-hydrogen) atoms. The zero-order chi connectivity index (χ0) is 18.6. The maximum absolute atomic E-state index is 5.26. The van der Waals surface area contributed by atoms with Crippen LogP contribution >= 0.6 is 11.3 Å². The number of nitrogens with zero attached hydrogens (tertiary/aromatic N) is 3. The predicted molar refractivity (Wildman–Crippen MR) is 110 cm³/mol. The van der Waals surface area contributed by atoms with Crippen molar-refractivity contribution in [2.75, 3.05) is 5.43 Å². The number of nitrogens with one attached hydrogen (secondary N) is 1. The number of thiazole rings is 1. The fourth-order valence-corrected chi connectivity index (χ4v) is 3.57. The average molecular weight is 374 g/mol. The third-order valence-electron chi connectivity index (χ3n) is 4.16. The maximum Gasteiger partial charge on any atom is 0.203 e. The first-order chi connectivity index (χ1) is 13.2. The molecule has 0 saturated heterocycles. The Balaban J connectivity index is 1.48. The lowest BCUT2D eigenvalue weighted by Gasteiger charge is -2.02. The molecule has 134 valence electrons. The van der Waals surface area contributed by atoms with Crippen LogP contribution in [0.25, 0.3) is 22.4 Å². The second-order valence-electron chi connectivity index (χ2n) is 6.10. The summed E-state index contributed by atoms with van der Waals surface area (Å²) in [5, 5.41) is 11.1. The van der Waals surface area contributed by atoms with Crippen molar-refractivity contribution in [2.45, 2.75) is 13.8 Å². The van der Waals surface area contributed by atoms with Crippen LogP contribution in [0.15, 0.2) is 69.6 Å². The minimum atomic E-state index is 0.756. The van der Waals surface area contributed by atoms with Crippen LogP contribution in [0.1, 0.15) is 17.0 Å². The van der Waals surface area contributed by atoms with Gasteiger partial charge in [0, 0.05) is 16.5 Å². The Labute approximate surface area is 161 Å². The molecule has 0 radical (unpaired) electrons. The first kappa shape index (κ1) is 17.2. The first-order valence-electron chi connectivity index (χ1n) is 8.54. The molecule has 5 nitrogen and oxygen atoms in total. The molecule has 2 aromatic carbocycles. The van der Waals surface area contributed by atoms with E-state index in [4.69, 9.17) is 4.52 Å². The predicted octanol–water partition coefficient (Wildman–Crippen LogP) is 5.53. The molecule has 0 bridgehead atoms. The molecule has 4 rings (SSSR count). The van der Waals surface area contributed by atoms with Gasteiger partial charge in [-0.2, -0.15) is 5.10 Å². The zero-order valence-electron chi connectivity index (χ0n) is 15.0. The van der Waals surface area contributed by atoms with Crippen LogP contribution < -0.4 is 5.43 Å².